The van der Waals surface area contributed by atoms with Crippen LogP contribution < -0.4 is 20.7 Å². The van der Waals surface area contributed by atoms with E-state index in [9.17, 15) is 4.79 Å². The minimum atomic E-state index is -0.301. The molecule has 0 saturated heterocycles. The quantitative estimate of drug-likeness (QED) is 0.806. The van der Waals surface area contributed by atoms with Crippen LogP contribution in [0.3, 0.4) is 0 Å². The van der Waals surface area contributed by atoms with Crippen LogP contribution in [-0.2, 0) is 6.42 Å². The van der Waals surface area contributed by atoms with Crippen LogP contribution in [0.15, 0.2) is 54.7 Å². The first kappa shape index (κ1) is 14.0. The van der Waals surface area contributed by atoms with Gasteiger partial charge in [-0.1, -0.05) is 18.7 Å². The van der Waals surface area contributed by atoms with Crippen LogP contribution >= 0.6 is 0 Å². The van der Waals surface area contributed by atoms with E-state index in [0.29, 0.717) is 11.4 Å². The summed E-state index contributed by atoms with van der Waals surface area (Å²) in [6.45, 7) is 3.91. The molecular weight excluding hydrogens is 278 g/mol. The molecule has 0 bridgehead atoms. The Bertz CT molecular complexity index is 740. The zero-order chi connectivity index (χ0) is 15.5. The van der Waals surface area contributed by atoms with Gasteiger partial charge in [-0.05, 0) is 29.8 Å². The lowest BCUT2D eigenvalue weighted by molar-refractivity contribution is 0.262. The maximum absolute atomic E-state index is 12.0. The first-order valence-electron chi connectivity index (χ1n) is 6.94. The van der Waals surface area contributed by atoms with Crippen molar-refractivity contribution in [2.75, 3.05) is 23.1 Å². The highest BCUT2D eigenvalue weighted by Gasteiger charge is 2.14. The summed E-state index contributed by atoms with van der Waals surface area (Å²) in [7, 11) is 1.59. The Labute approximate surface area is 129 Å². The predicted octanol–water partition coefficient (Wildman–Crippen LogP) is 3.82. The number of anilines is 3. The fourth-order valence-electron chi connectivity index (χ4n) is 2.38. The predicted molar refractivity (Wildman–Crippen MR) is 88.5 cm³/mol. The van der Waals surface area contributed by atoms with Gasteiger partial charge in [0.1, 0.15) is 5.75 Å². The Morgan fingerprint density at radius 2 is 1.95 bits per heavy atom. The first-order chi connectivity index (χ1) is 10.6. The van der Waals surface area contributed by atoms with Gasteiger partial charge in [-0.3, -0.25) is 0 Å². The summed E-state index contributed by atoms with van der Waals surface area (Å²) in [5.41, 5.74) is 4.53. The highest BCUT2D eigenvalue weighted by atomic mass is 16.5. The van der Waals surface area contributed by atoms with Crippen molar-refractivity contribution in [3.05, 3.63) is 60.3 Å². The maximum atomic E-state index is 12.0. The van der Waals surface area contributed by atoms with E-state index in [2.05, 4.69) is 22.5 Å². The Morgan fingerprint density at radius 3 is 2.73 bits per heavy atom. The van der Waals surface area contributed by atoms with Crippen LogP contribution in [0.1, 0.15) is 5.56 Å². The smallest absolute Gasteiger partial charge is 0.323 e. The van der Waals surface area contributed by atoms with Gasteiger partial charge in [0.05, 0.1) is 7.11 Å². The van der Waals surface area contributed by atoms with Crippen LogP contribution in [-0.4, -0.2) is 13.1 Å². The molecule has 2 aromatic rings. The highest BCUT2D eigenvalue weighted by molar-refractivity contribution is 6.00. The molecule has 2 aromatic carbocycles. The normalized spacial score (nSPS) is 12.3. The van der Waals surface area contributed by atoms with Crippen molar-refractivity contribution in [2.45, 2.75) is 6.42 Å². The fraction of sp³-hybridized carbons (Fsp3) is 0.118. The number of allylic oxidation sites excluding steroid dienone is 1. The molecule has 1 heterocycles. The fourth-order valence-corrected chi connectivity index (χ4v) is 2.38. The van der Waals surface area contributed by atoms with Gasteiger partial charge in [0.2, 0.25) is 0 Å². The second-order valence-electron chi connectivity index (χ2n) is 5.09. The Hall–Kier alpha value is -2.95. The van der Waals surface area contributed by atoms with Crippen LogP contribution in [0.4, 0.5) is 21.9 Å². The first-order valence-corrected chi connectivity index (χ1v) is 6.94. The number of ether oxygens (including phenoxy) is 1. The lowest BCUT2D eigenvalue weighted by Gasteiger charge is -2.10. The van der Waals surface area contributed by atoms with Gasteiger partial charge in [0.15, 0.2) is 0 Å². The number of amides is 2. The van der Waals surface area contributed by atoms with E-state index in [-0.39, 0.29) is 6.03 Å². The van der Waals surface area contributed by atoms with Gasteiger partial charge in [-0.2, -0.15) is 0 Å². The molecule has 3 N–H and O–H groups in total. The summed E-state index contributed by atoms with van der Waals surface area (Å²) in [5, 5.41) is 8.78. The largest absolute Gasteiger partial charge is 0.497 e. The zero-order valence-corrected chi connectivity index (χ0v) is 12.3. The SMILES string of the molecule is C=C1Cc2ccc(NC(=O)Nc3cccc(OC)c3)cc2N1. The Kier molecular flexibility index (Phi) is 3.70. The third-order valence-corrected chi connectivity index (χ3v) is 3.41. The molecule has 0 unspecified atom stereocenters. The number of carbonyl (C=O) groups is 1. The topological polar surface area (TPSA) is 62.4 Å². The third kappa shape index (κ3) is 3.03. The summed E-state index contributed by atoms with van der Waals surface area (Å²) >= 11 is 0. The second-order valence-corrected chi connectivity index (χ2v) is 5.09. The zero-order valence-electron chi connectivity index (χ0n) is 12.3. The molecule has 0 saturated carbocycles. The standard InChI is InChI=1S/C17H17N3O2/c1-11-8-12-6-7-14(10-16(12)18-11)20-17(21)19-13-4-3-5-15(9-13)22-2/h3-7,9-10,18H,1,8H2,2H3,(H2,19,20,21). The van der Waals surface area contributed by atoms with Crippen molar-refractivity contribution in [1.29, 1.82) is 0 Å². The highest BCUT2D eigenvalue weighted by Crippen LogP contribution is 2.29. The molecule has 0 aromatic heterocycles. The van der Waals surface area contributed by atoms with E-state index in [1.54, 1.807) is 19.2 Å². The lowest BCUT2D eigenvalue weighted by Crippen LogP contribution is -2.19. The molecule has 0 aliphatic carbocycles. The number of fused-ring (bicyclic) bond motifs is 1. The van der Waals surface area contributed by atoms with Crippen LogP contribution in [0.5, 0.6) is 5.75 Å². The van der Waals surface area contributed by atoms with Crippen molar-refractivity contribution < 1.29 is 9.53 Å². The van der Waals surface area contributed by atoms with Crippen molar-refractivity contribution in [2.24, 2.45) is 0 Å². The Morgan fingerprint density at radius 1 is 1.18 bits per heavy atom. The molecular formula is C17H17N3O2. The minimum Gasteiger partial charge on any atom is -0.497 e. The van der Waals surface area contributed by atoms with Gasteiger partial charge in [0, 0.05) is 35.2 Å². The number of hydrogen-bond donors (Lipinski definition) is 3. The number of hydrogen-bond acceptors (Lipinski definition) is 3. The van der Waals surface area contributed by atoms with E-state index >= 15 is 0 Å². The van der Waals surface area contributed by atoms with E-state index in [4.69, 9.17) is 4.74 Å². The molecule has 22 heavy (non-hydrogen) atoms. The lowest BCUT2D eigenvalue weighted by atomic mass is 10.1. The van der Waals surface area contributed by atoms with Gasteiger partial charge >= 0.3 is 6.03 Å². The number of benzene rings is 2. The summed E-state index contributed by atoms with van der Waals surface area (Å²) in [6, 6.07) is 12.7. The van der Waals surface area contributed by atoms with E-state index in [1.165, 1.54) is 5.56 Å². The van der Waals surface area contributed by atoms with Crippen molar-refractivity contribution in [1.82, 2.24) is 0 Å². The number of urea groups is 1. The molecule has 3 rings (SSSR count). The van der Waals surface area contributed by atoms with E-state index in [0.717, 1.165) is 23.5 Å². The molecule has 5 heteroatoms. The average Bonchev–Trinajstić information content (AvgIpc) is 2.86. The number of methoxy groups -OCH3 is 1. The molecule has 0 spiro atoms. The van der Waals surface area contributed by atoms with Crippen molar-refractivity contribution in [3.63, 3.8) is 0 Å². The van der Waals surface area contributed by atoms with Gasteiger partial charge in [-0.15, -0.1) is 0 Å². The second kappa shape index (κ2) is 5.81. The van der Waals surface area contributed by atoms with Crippen LogP contribution in [0.25, 0.3) is 0 Å². The molecule has 0 fully saturated rings. The van der Waals surface area contributed by atoms with Crippen LogP contribution in [0.2, 0.25) is 0 Å². The average molecular weight is 295 g/mol. The van der Waals surface area contributed by atoms with Crippen molar-refractivity contribution >= 4 is 23.1 Å². The van der Waals surface area contributed by atoms with Gasteiger partial charge in [0.25, 0.3) is 0 Å². The molecule has 1 aliphatic heterocycles. The van der Waals surface area contributed by atoms with Gasteiger partial charge in [-0.25, -0.2) is 4.79 Å². The van der Waals surface area contributed by atoms with Crippen LogP contribution in [0, 0.1) is 0 Å². The van der Waals surface area contributed by atoms with E-state index in [1.807, 2.05) is 30.3 Å². The Balaban J connectivity index is 1.67. The molecule has 0 radical (unpaired) electrons. The summed E-state index contributed by atoms with van der Waals surface area (Å²) in [4.78, 5) is 12.0. The maximum Gasteiger partial charge on any atom is 0.323 e. The third-order valence-electron chi connectivity index (χ3n) is 3.41. The summed E-state index contributed by atoms with van der Waals surface area (Å²) in [5.74, 6) is 0.693. The molecule has 1 aliphatic rings. The molecule has 5 nitrogen and oxygen atoms in total. The number of carbonyl (C=O) groups excluding carboxylic acids is 1. The van der Waals surface area contributed by atoms with Gasteiger partial charge < -0.3 is 20.7 Å². The molecule has 0 atom stereocenters. The molecule has 2 amide bonds. The summed E-state index contributed by atoms with van der Waals surface area (Å²) < 4.78 is 5.13. The monoisotopic (exact) mass is 295 g/mol. The summed E-state index contributed by atoms with van der Waals surface area (Å²) in [6.07, 6.45) is 0.825. The number of rotatable bonds is 3. The molecule has 112 valence electrons. The van der Waals surface area contributed by atoms with Crippen molar-refractivity contribution in [3.8, 4) is 5.75 Å². The van der Waals surface area contributed by atoms with E-state index < -0.39 is 0 Å². The minimum absolute atomic E-state index is 0.301. The number of nitrogens with one attached hydrogen (secondary N) is 3.